The fraction of sp³-hybridized carbons (Fsp3) is 0.333. The zero-order valence-electron chi connectivity index (χ0n) is 10.8. The van der Waals surface area contributed by atoms with Gasteiger partial charge in [-0.05, 0) is 19.9 Å². The van der Waals surface area contributed by atoms with Crippen LogP contribution >= 0.6 is 11.3 Å². The summed E-state index contributed by atoms with van der Waals surface area (Å²) in [4.78, 5) is 16.7. The molecule has 0 unspecified atom stereocenters. The lowest BCUT2D eigenvalue weighted by Crippen LogP contribution is -2.06. The Bertz CT molecular complexity index is 580. The Morgan fingerprint density at radius 2 is 2.16 bits per heavy atom. The Morgan fingerprint density at radius 3 is 2.74 bits per heavy atom. The van der Waals surface area contributed by atoms with Crippen LogP contribution in [-0.4, -0.2) is 34.9 Å². The second-order valence-electron chi connectivity index (χ2n) is 3.61. The Hall–Kier alpha value is -2.02. The van der Waals surface area contributed by atoms with E-state index in [2.05, 4.69) is 15.2 Å². The van der Waals surface area contributed by atoms with Gasteiger partial charge in [-0.2, -0.15) is 0 Å². The average molecular weight is 279 g/mol. The minimum atomic E-state index is -0.413. The molecule has 2 aromatic rings. The van der Waals surface area contributed by atoms with Crippen molar-refractivity contribution in [1.29, 1.82) is 0 Å². The molecule has 0 fully saturated rings. The third-order valence-corrected chi connectivity index (χ3v) is 3.33. The number of thiazole rings is 1. The van der Waals surface area contributed by atoms with Gasteiger partial charge in [0.1, 0.15) is 10.7 Å². The lowest BCUT2D eigenvalue weighted by atomic mass is 10.3. The van der Waals surface area contributed by atoms with E-state index in [-0.39, 0.29) is 0 Å². The van der Waals surface area contributed by atoms with Crippen molar-refractivity contribution in [3.63, 3.8) is 0 Å². The molecule has 6 nitrogen and oxygen atoms in total. The first kappa shape index (κ1) is 13.4. The molecule has 0 amide bonds. The Labute approximate surface area is 114 Å². The highest BCUT2D eigenvalue weighted by Crippen LogP contribution is 2.26. The molecule has 0 bridgehead atoms. The molecule has 0 N–H and O–H groups in total. The molecule has 0 radical (unpaired) electrons. The highest BCUT2D eigenvalue weighted by atomic mass is 32.1. The first-order chi connectivity index (χ1) is 9.15. The van der Waals surface area contributed by atoms with E-state index in [1.807, 2.05) is 6.92 Å². The maximum absolute atomic E-state index is 11.7. The summed E-state index contributed by atoms with van der Waals surface area (Å²) in [5.41, 5.74) is 0.934. The minimum absolute atomic E-state index is 0.327. The average Bonchev–Trinajstić information content (AvgIpc) is 2.81. The van der Waals surface area contributed by atoms with Crippen molar-refractivity contribution in [1.82, 2.24) is 15.2 Å². The number of aryl methyl sites for hydroxylation is 1. The van der Waals surface area contributed by atoms with Crippen LogP contribution in [0.1, 0.15) is 22.3 Å². The molecule has 0 atom stereocenters. The van der Waals surface area contributed by atoms with E-state index >= 15 is 0 Å². The van der Waals surface area contributed by atoms with Crippen molar-refractivity contribution < 1.29 is 14.3 Å². The standard InChI is InChI=1S/C12H13N3O3S/c1-4-18-12(16)10-7(2)19-11(13-10)8-5-6-9(17-3)15-14-8/h5-6H,4H2,1-3H3. The SMILES string of the molecule is CCOC(=O)c1nc(-c2ccc(OC)nn2)sc1C. The van der Waals surface area contributed by atoms with E-state index in [1.165, 1.54) is 18.4 Å². The molecular formula is C12H13N3O3S. The number of hydrogen-bond donors (Lipinski definition) is 0. The smallest absolute Gasteiger partial charge is 0.358 e. The van der Waals surface area contributed by atoms with E-state index in [0.29, 0.717) is 28.9 Å². The summed E-state index contributed by atoms with van der Waals surface area (Å²) in [6, 6.07) is 3.45. The zero-order chi connectivity index (χ0) is 13.8. The molecule has 2 heterocycles. The van der Waals surface area contributed by atoms with E-state index in [9.17, 15) is 4.79 Å². The predicted molar refractivity (Wildman–Crippen MR) is 70.4 cm³/mol. The molecular weight excluding hydrogens is 266 g/mol. The predicted octanol–water partition coefficient (Wildman–Crippen LogP) is 2.09. The largest absolute Gasteiger partial charge is 0.480 e. The fourth-order valence-corrected chi connectivity index (χ4v) is 2.30. The summed E-state index contributed by atoms with van der Waals surface area (Å²) >= 11 is 1.38. The third kappa shape index (κ3) is 2.87. The van der Waals surface area contributed by atoms with Gasteiger partial charge in [-0.3, -0.25) is 0 Å². The number of aromatic nitrogens is 3. The van der Waals surface area contributed by atoms with Gasteiger partial charge >= 0.3 is 5.97 Å². The second kappa shape index (κ2) is 5.75. The van der Waals surface area contributed by atoms with Gasteiger partial charge in [0.2, 0.25) is 5.88 Å². The number of nitrogens with zero attached hydrogens (tertiary/aromatic N) is 3. The van der Waals surface area contributed by atoms with E-state index in [4.69, 9.17) is 9.47 Å². The summed E-state index contributed by atoms with van der Waals surface area (Å²) in [5.74, 6) is 0.0200. The van der Waals surface area contributed by atoms with Crippen molar-refractivity contribution in [3.05, 3.63) is 22.7 Å². The number of carbonyl (C=O) groups excluding carboxylic acids is 1. The minimum Gasteiger partial charge on any atom is -0.480 e. The van der Waals surface area contributed by atoms with Crippen molar-refractivity contribution in [2.45, 2.75) is 13.8 Å². The summed E-state index contributed by atoms with van der Waals surface area (Å²) in [5, 5.41) is 8.51. The maximum Gasteiger partial charge on any atom is 0.358 e. The molecule has 0 aromatic carbocycles. The Morgan fingerprint density at radius 1 is 1.37 bits per heavy atom. The summed E-state index contributed by atoms with van der Waals surface area (Å²) in [6.07, 6.45) is 0. The molecule has 0 aliphatic rings. The molecule has 7 heteroatoms. The highest BCUT2D eigenvalue weighted by molar-refractivity contribution is 7.15. The van der Waals surface area contributed by atoms with Crippen LogP contribution in [0.3, 0.4) is 0 Å². The van der Waals surface area contributed by atoms with Crippen LogP contribution in [-0.2, 0) is 4.74 Å². The van der Waals surface area contributed by atoms with Gasteiger partial charge in [-0.1, -0.05) is 0 Å². The highest BCUT2D eigenvalue weighted by Gasteiger charge is 2.18. The van der Waals surface area contributed by atoms with Crippen molar-refractivity contribution in [2.75, 3.05) is 13.7 Å². The molecule has 2 aromatic heterocycles. The Balaban J connectivity index is 2.30. The van der Waals surface area contributed by atoms with Gasteiger partial charge < -0.3 is 9.47 Å². The summed E-state index contributed by atoms with van der Waals surface area (Å²) < 4.78 is 9.88. The Kier molecular flexibility index (Phi) is 4.06. The first-order valence-corrected chi connectivity index (χ1v) is 6.50. The molecule has 100 valence electrons. The number of carbonyl (C=O) groups is 1. The number of rotatable bonds is 4. The van der Waals surface area contributed by atoms with Crippen LogP contribution in [0.15, 0.2) is 12.1 Å². The van der Waals surface area contributed by atoms with Gasteiger partial charge in [0, 0.05) is 10.9 Å². The zero-order valence-corrected chi connectivity index (χ0v) is 11.7. The summed E-state index contributed by atoms with van der Waals surface area (Å²) in [6.45, 7) is 3.91. The van der Waals surface area contributed by atoms with Gasteiger partial charge in [0.05, 0.1) is 13.7 Å². The van der Waals surface area contributed by atoms with Gasteiger partial charge in [-0.15, -0.1) is 21.5 Å². The normalized spacial score (nSPS) is 10.3. The fourth-order valence-electron chi connectivity index (χ4n) is 1.44. The maximum atomic E-state index is 11.7. The van der Waals surface area contributed by atoms with Gasteiger partial charge in [0.25, 0.3) is 0 Å². The molecule has 0 saturated heterocycles. The quantitative estimate of drug-likeness (QED) is 0.798. The summed E-state index contributed by atoms with van der Waals surface area (Å²) in [7, 11) is 1.52. The van der Waals surface area contributed by atoms with Crippen LogP contribution in [0.25, 0.3) is 10.7 Å². The van der Waals surface area contributed by atoms with Crippen molar-refractivity contribution in [3.8, 4) is 16.6 Å². The van der Waals surface area contributed by atoms with Crippen LogP contribution in [0.5, 0.6) is 5.88 Å². The molecule has 0 aliphatic heterocycles. The van der Waals surface area contributed by atoms with Crippen LogP contribution in [0.2, 0.25) is 0 Å². The first-order valence-electron chi connectivity index (χ1n) is 5.68. The molecule has 0 aliphatic carbocycles. The van der Waals surface area contributed by atoms with Gasteiger partial charge in [-0.25, -0.2) is 9.78 Å². The molecule has 0 spiro atoms. The van der Waals surface area contributed by atoms with Crippen LogP contribution in [0, 0.1) is 6.92 Å². The van der Waals surface area contributed by atoms with E-state index in [1.54, 1.807) is 19.1 Å². The topological polar surface area (TPSA) is 74.2 Å². The lowest BCUT2D eigenvalue weighted by molar-refractivity contribution is 0.0519. The molecule has 19 heavy (non-hydrogen) atoms. The lowest BCUT2D eigenvalue weighted by Gasteiger charge is -1.98. The van der Waals surface area contributed by atoms with Gasteiger partial charge in [0.15, 0.2) is 5.69 Å². The monoisotopic (exact) mass is 279 g/mol. The third-order valence-electron chi connectivity index (χ3n) is 2.33. The van der Waals surface area contributed by atoms with E-state index < -0.39 is 5.97 Å². The van der Waals surface area contributed by atoms with Crippen LogP contribution in [0.4, 0.5) is 0 Å². The number of hydrogen-bond acceptors (Lipinski definition) is 7. The number of esters is 1. The molecule has 0 saturated carbocycles. The van der Waals surface area contributed by atoms with Crippen molar-refractivity contribution in [2.24, 2.45) is 0 Å². The number of ether oxygens (including phenoxy) is 2. The van der Waals surface area contributed by atoms with Crippen LogP contribution < -0.4 is 4.74 Å². The second-order valence-corrected chi connectivity index (χ2v) is 4.81. The number of methoxy groups -OCH3 is 1. The molecule has 2 rings (SSSR count). The van der Waals surface area contributed by atoms with Crippen molar-refractivity contribution >= 4 is 17.3 Å². The van der Waals surface area contributed by atoms with E-state index in [0.717, 1.165) is 4.88 Å².